The van der Waals surface area contributed by atoms with Crippen molar-refractivity contribution in [3.63, 3.8) is 0 Å². The highest BCUT2D eigenvalue weighted by molar-refractivity contribution is 5.85. The minimum atomic E-state index is 0. The van der Waals surface area contributed by atoms with Crippen LogP contribution >= 0.6 is 12.4 Å². The number of piperidine rings is 1. The molecule has 3 rings (SSSR count). The van der Waals surface area contributed by atoms with E-state index >= 15 is 0 Å². The van der Waals surface area contributed by atoms with Crippen molar-refractivity contribution in [1.82, 2.24) is 20.5 Å². The first-order valence-corrected chi connectivity index (χ1v) is 7.63. The average Bonchev–Trinajstić information content (AvgIpc) is 3.04. The third kappa shape index (κ3) is 4.14. The molecule has 0 saturated carbocycles. The third-order valence-corrected chi connectivity index (χ3v) is 4.07. The number of rotatable bonds is 5. The number of aromatic amines is 1. The molecule has 2 heterocycles. The number of hydrogen-bond donors (Lipinski definition) is 2. The summed E-state index contributed by atoms with van der Waals surface area (Å²) >= 11 is 0. The second-order valence-corrected chi connectivity index (χ2v) is 5.53. The molecular formula is C16H23ClN4O2. The van der Waals surface area contributed by atoms with Gasteiger partial charge in [0.2, 0.25) is 0 Å². The SMILES string of the molecule is COc1ccc(Cc2nc(C3CCNCC3)n[nH]2)cc1OC.Cl. The Hall–Kier alpha value is -1.79. The summed E-state index contributed by atoms with van der Waals surface area (Å²) in [6.07, 6.45) is 2.92. The molecule has 1 aromatic carbocycles. The molecule has 126 valence electrons. The van der Waals surface area contributed by atoms with Crippen LogP contribution in [0.25, 0.3) is 0 Å². The second kappa shape index (κ2) is 8.17. The molecule has 1 aliphatic rings. The quantitative estimate of drug-likeness (QED) is 0.875. The van der Waals surface area contributed by atoms with Crippen LogP contribution in [0.15, 0.2) is 18.2 Å². The molecule has 23 heavy (non-hydrogen) atoms. The van der Waals surface area contributed by atoms with Crippen molar-refractivity contribution in [3.8, 4) is 11.5 Å². The lowest BCUT2D eigenvalue weighted by Gasteiger charge is -2.19. The summed E-state index contributed by atoms with van der Waals surface area (Å²) in [5.74, 6) is 3.77. The van der Waals surface area contributed by atoms with Crippen LogP contribution in [0.1, 0.15) is 36.0 Å². The minimum absolute atomic E-state index is 0. The number of nitrogens with zero attached hydrogens (tertiary/aromatic N) is 2. The number of methoxy groups -OCH3 is 2. The van der Waals surface area contributed by atoms with Crippen LogP contribution in [0.3, 0.4) is 0 Å². The van der Waals surface area contributed by atoms with Gasteiger partial charge in [0.15, 0.2) is 17.3 Å². The molecule has 0 amide bonds. The summed E-state index contributed by atoms with van der Waals surface area (Å²) in [6, 6.07) is 5.91. The van der Waals surface area contributed by atoms with E-state index in [2.05, 4.69) is 20.5 Å². The van der Waals surface area contributed by atoms with Crippen LogP contribution < -0.4 is 14.8 Å². The fourth-order valence-electron chi connectivity index (χ4n) is 2.84. The lowest BCUT2D eigenvalue weighted by Crippen LogP contribution is -2.27. The van der Waals surface area contributed by atoms with Crippen LogP contribution in [0, 0.1) is 0 Å². The maximum Gasteiger partial charge on any atom is 0.161 e. The van der Waals surface area contributed by atoms with Crippen LogP contribution in [0.5, 0.6) is 11.5 Å². The Morgan fingerprint density at radius 2 is 1.87 bits per heavy atom. The van der Waals surface area contributed by atoms with Gasteiger partial charge in [0.05, 0.1) is 14.2 Å². The van der Waals surface area contributed by atoms with Crippen molar-refractivity contribution in [3.05, 3.63) is 35.4 Å². The standard InChI is InChI=1S/C16H22N4O2.ClH/c1-21-13-4-3-11(9-14(13)22-2)10-15-18-16(20-19-15)12-5-7-17-8-6-12;/h3-4,9,12,17H,5-8,10H2,1-2H3,(H,18,19,20);1H. The number of H-pyrrole nitrogens is 1. The van der Waals surface area contributed by atoms with Gasteiger partial charge in [-0.25, -0.2) is 4.98 Å². The van der Waals surface area contributed by atoms with Gasteiger partial charge in [0.1, 0.15) is 5.82 Å². The van der Waals surface area contributed by atoms with E-state index in [9.17, 15) is 0 Å². The van der Waals surface area contributed by atoms with Crippen molar-refractivity contribution >= 4 is 12.4 Å². The topological polar surface area (TPSA) is 72.1 Å². The van der Waals surface area contributed by atoms with E-state index in [0.29, 0.717) is 12.3 Å². The fraction of sp³-hybridized carbons (Fsp3) is 0.500. The van der Waals surface area contributed by atoms with Gasteiger partial charge in [-0.3, -0.25) is 5.10 Å². The fourth-order valence-corrected chi connectivity index (χ4v) is 2.84. The van der Waals surface area contributed by atoms with E-state index in [1.165, 1.54) is 0 Å². The van der Waals surface area contributed by atoms with Crippen LogP contribution in [-0.4, -0.2) is 42.5 Å². The number of benzene rings is 1. The molecule has 1 saturated heterocycles. The second-order valence-electron chi connectivity index (χ2n) is 5.53. The maximum atomic E-state index is 5.34. The first-order valence-electron chi connectivity index (χ1n) is 7.63. The summed E-state index contributed by atoms with van der Waals surface area (Å²) < 4.78 is 10.6. The van der Waals surface area contributed by atoms with Gasteiger partial charge in [0, 0.05) is 12.3 Å². The molecule has 0 spiro atoms. The van der Waals surface area contributed by atoms with E-state index < -0.39 is 0 Å². The Bertz CT molecular complexity index is 626. The van der Waals surface area contributed by atoms with E-state index in [4.69, 9.17) is 9.47 Å². The Morgan fingerprint density at radius 3 is 2.57 bits per heavy atom. The summed E-state index contributed by atoms with van der Waals surface area (Å²) in [6.45, 7) is 2.09. The normalized spacial score (nSPS) is 15.0. The minimum Gasteiger partial charge on any atom is -0.493 e. The van der Waals surface area contributed by atoms with Gasteiger partial charge in [-0.1, -0.05) is 6.07 Å². The number of hydrogen-bond acceptors (Lipinski definition) is 5. The van der Waals surface area contributed by atoms with Gasteiger partial charge < -0.3 is 14.8 Å². The molecule has 0 aliphatic carbocycles. The maximum absolute atomic E-state index is 5.34. The summed E-state index contributed by atoms with van der Waals surface area (Å²) in [5.41, 5.74) is 1.12. The Balaban J connectivity index is 0.00000192. The van der Waals surface area contributed by atoms with Crippen molar-refractivity contribution in [2.24, 2.45) is 0 Å². The highest BCUT2D eigenvalue weighted by Gasteiger charge is 2.19. The Kier molecular flexibility index (Phi) is 6.24. The van der Waals surface area contributed by atoms with E-state index in [0.717, 1.165) is 54.6 Å². The molecule has 0 radical (unpaired) electrons. The van der Waals surface area contributed by atoms with Gasteiger partial charge in [-0.15, -0.1) is 12.4 Å². The van der Waals surface area contributed by atoms with Crippen LogP contribution in [0.2, 0.25) is 0 Å². The summed E-state index contributed by atoms with van der Waals surface area (Å²) in [7, 11) is 3.28. The Morgan fingerprint density at radius 1 is 1.13 bits per heavy atom. The molecule has 0 bridgehead atoms. The predicted molar refractivity (Wildman–Crippen MR) is 90.8 cm³/mol. The highest BCUT2D eigenvalue weighted by atomic mass is 35.5. The molecule has 1 fully saturated rings. The molecule has 2 aromatic rings. The van der Waals surface area contributed by atoms with Crippen molar-refractivity contribution in [1.29, 1.82) is 0 Å². The predicted octanol–water partition coefficient (Wildman–Crippen LogP) is 2.30. The van der Waals surface area contributed by atoms with Gasteiger partial charge in [0.25, 0.3) is 0 Å². The smallest absolute Gasteiger partial charge is 0.161 e. The molecule has 1 aliphatic heterocycles. The van der Waals surface area contributed by atoms with Crippen molar-refractivity contribution in [2.75, 3.05) is 27.3 Å². The van der Waals surface area contributed by atoms with E-state index in [-0.39, 0.29) is 12.4 Å². The number of halogens is 1. The van der Waals surface area contributed by atoms with Crippen LogP contribution in [0.4, 0.5) is 0 Å². The summed E-state index contributed by atoms with van der Waals surface area (Å²) in [4.78, 5) is 4.66. The van der Waals surface area contributed by atoms with Crippen LogP contribution in [-0.2, 0) is 6.42 Å². The number of ether oxygens (including phenoxy) is 2. The lowest BCUT2D eigenvalue weighted by molar-refractivity contribution is 0.354. The number of aromatic nitrogens is 3. The molecule has 2 N–H and O–H groups in total. The van der Waals surface area contributed by atoms with Gasteiger partial charge in [-0.2, -0.15) is 5.10 Å². The monoisotopic (exact) mass is 338 g/mol. The molecule has 1 aromatic heterocycles. The van der Waals surface area contributed by atoms with Crippen molar-refractivity contribution in [2.45, 2.75) is 25.2 Å². The average molecular weight is 339 g/mol. The highest BCUT2D eigenvalue weighted by Crippen LogP contribution is 2.28. The van der Waals surface area contributed by atoms with Crippen molar-refractivity contribution < 1.29 is 9.47 Å². The van der Waals surface area contributed by atoms with E-state index in [1.807, 2.05) is 18.2 Å². The molecule has 0 atom stereocenters. The van der Waals surface area contributed by atoms with Gasteiger partial charge >= 0.3 is 0 Å². The zero-order valence-corrected chi connectivity index (χ0v) is 14.3. The largest absolute Gasteiger partial charge is 0.493 e. The van der Waals surface area contributed by atoms with Gasteiger partial charge in [-0.05, 0) is 43.6 Å². The molecule has 6 nitrogen and oxygen atoms in total. The summed E-state index contributed by atoms with van der Waals surface area (Å²) in [5, 5.41) is 10.8. The first-order chi connectivity index (χ1) is 10.8. The zero-order chi connectivity index (χ0) is 15.4. The molecule has 0 unspecified atom stereocenters. The lowest BCUT2D eigenvalue weighted by atomic mass is 9.98. The molecule has 7 heteroatoms. The number of nitrogens with one attached hydrogen (secondary N) is 2. The first kappa shape index (κ1) is 17.6. The Labute approximate surface area is 142 Å². The zero-order valence-electron chi connectivity index (χ0n) is 13.5. The molecular weight excluding hydrogens is 316 g/mol. The third-order valence-electron chi connectivity index (χ3n) is 4.07. The van der Waals surface area contributed by atoms with E-state index in [1.54, 1.807) is 14.2 Å².